The van der Waals surface area contributed by atoms with E-state index in [-0.39, 0.29) is 51.8 Å². The summed E-state index contributed by atoms with van der Waals surface area (Å²) >= 11 is 17.8. The van der Waals surface area contributed by atoms with Crippen LogP contribution in [0.3, 0.4) is 0 Å². The van der Waals surface area contributed by atoms with E-state index in [4.69, 9.17) is 63.2 Å². The molecule has 0 bridgehead atoms. The van der Waals surface area contributed by atoms with Gasteiger partial charge in [0.05, 0.1) is 19.1 Å². The van der Waals surface area contributed by atoms with Crippen molar-refractivity contribution < 1.29 is 42.2 Å². The second kappa shape index (κ2) is 29.3. The van der Waals surface area contributed by atoms with Crippen molar-refractivity contribution in [1.82, 2.24) is 10.2 Å². The zero-order chi connectivity index (χ0) is 58.1. The summed E-state index contributed by atoms with van der Waals surface area (Å²) in [4.78, 5) is 36.9. The lowest BCUT2D eigenvalue weighted by Crippen LogP contribution is -2.39. The smallest absolute Gasteiger partial charge is 0.323 e. The SMILES string of the molecule is CC(C)P(=S)(N[C@H](C)C(=O)OCC(C)(C)C)Oc1cccc2ccccc12.CCOC(=O)[C@@H](C)NP(=S)(Oc1ccccc1)C(C)(C)C.C[C@@H](CP(=S)(Oc1cccc2ccccc12)C(C)(C)C)C(=O)OCc1ccccc1. The number of benzene rings is 6. The Hall–Kier alpha value is -4.48. The van der Waals surface area contributed by atoms with Gasteiger partial charge in [-0.15, -0.1) is 0 Å². The molecule has 0 amide bonds. The average molecular weight is 1180 g/mol. The predicted octanol–water partition coefficient (Wildman–Crippen LogP) is 16.0. The number of esters is 3. The van der Waals surface area contributed by atoms with E-state index in [1.54, 1.807) is 20.8 Å². The van der Waals surface area contributed by atoms with E-state index in [0.717, 1.165) is 38.6 Å². The van der Waals surface area contributed by atoms with Gasteiger partial charge in [0.15, 0.2) is 12.8 Å². The third-order valence-electron chi connectivity index (χ3n) is 12.1. The van der Waals surface area contributed by atoms with Gasteiger partial charge < -0.3 is 27.8 Å². The molecule has 0 aliphatic rings. The van der Waals surface area contributed by atoms with Crippen molar-refractivity contribution in [1.29, 1.82) is 0 Å². The van der Waals surface area contributed by atoms with Gasteiger partial charge in [0, 0.05) is 32.9 Å². The second-order valence-electron chi connectivity index (χ2n) is 22.6. The predicted molar refractivity (Wildman–Crippen MR) is 336 cm³/mol. The van der Waals surface area contributed by atoms with Crippen molar-refractivity contribution in [3.63, 3.8) is 0 Å². The summed E-state index contributed by atoms with van der Waals surface area (Å²) in [5.74, 6) is 1.05. The average Bonchev–Trinajstić information content (AvgIpc) is 3.40. The molecule has 11 nitrogen and oxygen atoms in total. The minimum absolute atomic E-state index is 0.0596. The number of hydrogen-bond donors (Lipinski definition) is 2. The second-order valence-corrected chi connectivity index (χ2v) is 36.3. The zero-order valence-corrected chi connectivity index (χ0v) is 53.4. The van der Waals surface area contributed by atoms with Crippen LogP contribution in [0.2, 0.25) is 0 Å². The highest BCUT2D eigenvalue weighted by molar-refractivity contribution is 8.13. The van der Waals surface area contributed by atoms with E-state index in [1.807, 2.05) is 196 Å². The van der Waals surface area contributed by atoms with Crippen LogP contribution in [-0.2, 0) is 70.6 Å². The highest BCUT2D eigenvalue weighted by Gasteiger charge is 2.39. The Kier molecular flexibility index (Phi) is 24.8. The Morgan fingerprint density at radius 1 is 0.513 bits per heavy atom. The van der Waals surface area contributed by atoms with Crippen molar-refractivity contribution >= 4 is 94.0 Å². The first-order valence-electron chi connectivity index (χ1n) is 26.4. The summed E-state index contributed by atoms with van der Waals surface area (Å²) in [5, 5.41) is 10.2. The van der Waals surface area contributed by atoms with Crippen LogP contribution >= 0.6 is 19.1 Å². The first-order chi connectivity index (χ1) is 36.4. The number of rotatable bonds is 20. The van der Waals surface area contributed by atoms with E-state index in [2.05, 4.69) is 43.1 Å². The summed E-state index contributed by atoms with van der Waals surface area (Å²) in [5.41, 5.74) is 0.956. The maximum absolute atomic E-state index is 12.7. The lowest BCUT2D eigenvalue weighted by Gasteiger charge is -2.36. The van der Waals surface area contributed by atoms with Gasteiger partial charge >= 0.3 is 17.9 Å². The van der Waals surface area contributed by atoms with Gasteiger partial charge in [0.25, 0.3) is 0 Å². The molecule has 0 spiro atoms. The zero-order valence-electron chi connectivity index (χ0n) is 48.2. The minimum atomic E-state index is -2.51. The molecule has 0 saturated heterocycles. The molecule has 3 unspecified atom stereocenters. The molecular formula is C61H83N2O9P3S3. The monoisotopic (exact) mass is 1180 g/mol. The molecule has 0 fully saturated rings. The molecule has 0 saturated carbocycles. The lowest BCUT2D eigenvalue weighted by atomic mass is 9.99. The Bertz CT molecular complexity index is 3040. The van der Waals surface area contributed by atoms with E-state index in [0.29, 0.717) is 25.1 Å². The number of ether oxygens (including phenoxy) is 3. The quantitative estimate of drug-likeness (QED) is 0.0427. The summed E-state index contributed by atoms with van der Waals surface area (Å²) in [6.07, 6.45) is -6.90. The number of fused-ring (bicyclic) bond motifs is 2. The molecule has 0 aliphatic heterocycles. The van der Waals surface area contributed by atoms with Crippen LogP contribution in [-0.4, -0.2) is 65.3 Å². The fraction of sp³-hybridized carbons (Fsp3) is 0.426. The van der Waals surface area contributed by atoms with Crippen molar-refractivity contribution in [2.75, 3.05) is 19.4 Å². The molecule has 424 valence electrons. The van der Waals surface area contributed by atoms with Crippen LogP contribution in [0.25, 0.3) is 21.5 Å². The van der Waals surface area contributed by atoms with Crippen LogP contribution in [0.1, 0.15) is 109 Å². The highest BCUT2D eigenvalue weighted by Crippen LogP contribution is 2.60. The van der Waals surface area contributed by atoms with Gasteiger partial charge in [-0.1, -0.05) is 216 Å². The van der Waals surface area contributed by atoms with E-state index < -0.39 is 31.2 Å². The molecule has 6 aromatic rings. The number of para-hydroxylation sites is 1. The van der Waals surface area contributed by atoms with Crippen LogP contribution in [0.5, 0.6) is 17.2 Å². The summed E-state index contributed by atoms with van der Waals surface area (Å²) in [6.45, 7) is 30.6. The maximum atomic E-state index is 12.7. The first kappa shape index (κ1) is 66.0. The Morgan fingerprint density at radius 3 is 1.46 bits per heavy atom. The summed E-state index contributed by atoms with van der Waals surface area (Å²) in [7, 11) is 0. The van der Waals surface area contributed by atoms with Gasteiger partial charge in [-0.2, -0.15) is 0 Å². The van der Waals surface area contributed by atoms with Crippen molar-refractivity contribution in [3.05, 3.63) is 151 Å². The van der Waals surface area contributed by atoms with Gasteiger partial charge in [-0.25, -0.2) is 10.2 Å². The third-order valence-corrected chi connectivity index (χ3v) is 27.5. The Morgan fingerprint density at radius 2 is 0.974 bits per heavy atom. The highest BCUT2D eigenvalue weighted by atomic mass is 32.5. The van der Waals surface area contributed by atoms with Gasteiger partial charge in [-0.3, -0.25) is 14.4 Å². The molecule has 17 heteroatoms. The lowest BCUT2D eigenvalue weighted by molar-refractivity contribution is -0.149. The molecule has 0 aliphatic carbocycles. The number of hydrogen-bond acceptors (Lipinski definition) is 12. The molecule has 0 heterocycles. The summed E-state index contributed by atoms with van der Waals surface area (Å²) in [6, 6.07) is 46.2. The van der Waals surface area contributed by atoms with E-state index >= 15 is 0 Å². The Balaban J connectivity index is 0.000000257. The normalized spacial score (nSPS) is 15.2. The number of carbonyl (C=O) groups is 3. The molecular weight excluding hydrogens is 1090 g/mol. The van der Waals surface area contributed by atoms with Gasteiger partial charge in [0.2, 0.25) is 0 Å². The summed E-state index contributed by atoms with van der Waals surface area (Å²) < 4.78 is 35.0. The van der Waals surface area contributed by atoms with Crippen LogP contribution in [0, 0.1) is 11.3 Å². The van der Waals surface area contributed by atoms with Gasteiger partial charge in [0.1, 0.15) is 42.2 Å². The van der Waals surface area contributed by atoms with Gasteiger partial charge in [-0.05, 0) is 90.4 Å². The van der Waals surface area contributed by atoms with Crippen molar-refractivity contribution in [2.24, 2.45) is 11.3 Å². The third kappa shape index (κ3) is 20.0. The molecule has 6 aromatic carbocycles. The fourth-order valence-electron chi connectivity index (χ4n) is 7.19. The number of nitrogens with one attached hydrogen (secondary N) is 2. The van der Waals surface area contributed by atoms with Crippen LogP contribution < -0.4 is 23.7 Å². The minimum Gasteiger partial charge on any atom is -0.465 e. The molecule has 6 rings (SSSR count). The Labute approximate surface area is 481 Å². The topological polar surface area (TPSA) is 131 Å². The molecule has 78 heavy (non-hydrogen) atoms. The fourth-order valence-corrected chi connectivity index (χ4v) is 15.2. The molecule has 6 atom stereocenters. The molecule has 0 aromatic heterocycles. The van der Waals surface area contributed by atoms with E-state index in [1.165, 1.54) is 0 Å². The standard InChI is InChI=1S/C25H29O3PS.C21H30NO3PS.C15H24NO3PS/c1-19(24(26)27-17-20-11-6-5-7-12-20)18-29(30,25(2,3)4)28-23-16-10-14-21-13-8-9-15-22(21)23;1-15(2)26(27,22-16(3)20(23)24-14-21(4,5)6)25-19-13-9-11-17-10-7-8-12-18(17)19;1-6-18-14(17)12(2)16-20(21,15(3,4)5)19-13-10-8-7-9-11-13/h5-16,19H,17-18H2,1-4H3;7-13,15-16H,14H2,1-6H3,(H,22,27);7-12H,6H2,1-5H3,(H,16,21)/t19-,29?;16-,26?;12-,20?/m011/s1. The molecule has 2 N–H and O–H groups in total. The van der Waals surface area contributed by atoms with Crippen molar-refractivity contribution in [2.45, 2.75) is 139 Å². The molecule has 0 radical (unpaired) electrons. The first-order valence-corrected chi connectivity index (χ1v) is 34.8. The maximum Gasteiger partial charge on any atom is 0.323 e. The number of carbonyl (C=O) groups excluding carboxylic acids is 3. The largest absolute Gasteiger partial charge is 0.465 e. The van der Waals surface area contributed by atoms with Crippen LogP contribution in [0.4, 0.5) is 0 Å². The van der Waals surface area contributed by atoms with Crippen molar-refractivity contribution in [3.8, 4) is 17.2 Å². The van der Waals surface area contributed by atoms with Crippen LogP contribution in [0.15, 0.2) is 146 Å². The van der Waals surface area contributed by atoms with E-state index in [9.17, 15) is 14.4 Å².